The van der Waals surface area contributed by atoms with Gasteiger partial charge < -0.3 is 9.47 Å². The zero-order valence-corrected chi connectivity index (χ0v) is 15.4. The largest absolute Gasteiger partial charge is 0.428 e. The average molecular weight is 349 g/mol. The summed E-state index contributed by atoms with van der Waals surface area (Å²) in [5.41, 5.74) is -0.959. The van der Waals surface area contributed by atoms with Crippen molar-refractivity contribution in [3.05, 3.63) is 0 Å². The summed E-state index contributed by atoms with van der Waals surface area (Å²) in [5, 5.41) is 0. The summed E-state index contributed by atoms with van der Waals surface area (Å²) < 4.78 is 9.01. The highest BCUT2D eigenvalue weighted by atomic mass is 35.5. The van der Waals surface area contributed by atoms with Gasteiger partial charge in [-0.1, -0.05) is 84.0 Å². The molecule has 0 amide bonds. The molecule has 5 heteroatoms. The Bertz CT molecular complexity index is 295. The average Bonchev–Trinajstić information content (AvgIpc) is 2.51. The first-order valence-electron chi connectivity index (χ1n) is 9.14. The molecule has 0 bridgehead atoms. The molecule has 0 aliphatic rings. The van der Waals surface area contributed by atoms with Crippen molar-refractivity contribution >= 4 is 23.0 Å². The number of carbonyl (C=O) groups excluding carboxylic acids is 2. The molecular formula is C18H33ClO4. The van der Waals surface area contributed by atoms with Crippen LogP contribution in [0.2, 0.25) is 0 Å². The molecule has 0 aliphatic heterocycles. The molecule has 0 saturated carbocycles. The van der Waals surface area contributed by atoms with Crippen LogP contribution in [0.5, 0.6) is 0 Å². The zero-order valence-electron chi connectivity index (χ0n) is 14.6. The number of rotatable bonds is 16. The standard InChI is InChI=1S/C18H33ClO4/c1-2-3-4-5-6-7-8-9-10-11-12-13-14-15-17(20)22-16-23-18(19)21/h2-16H2,1H3. The smallest absolute Gasteiger partial charge is 0.406 e. The summed E-state index contributed by atoms with van der Waals surface area (Å²) in [7, 11) is 0. The second kappa shape index (κ2) is 17.6. The van der Waals surface area contributed by atoms with Crippen LogP contribution in [0.25, 0.3) is 0 Å². The fourth-order valence-corrected chi connectivity index (χ4v) is 2.55. The maximum absolute atomic E-state index is 11.3. The topological polar surface area (TPSA) is 52.6 Å². The molecule has 4 nitrogen and oxygen atoms in total. The Hall–Kier alpha value is -0.770. The van der Waals surface area contributed by atoms with Crippen LogP contribution < -0.4 is 0 Å². The maximum atomic E-state index is 11.3. The molecule has 0 spiro atoms. The van der Waals surface area contributed by atoms with Gasteiger partial charge in [0.15, 0.2) is 0 Å². The van der Waals surface area contributed by atoms with Gasteiger partial charge in [-0.05, 0) is 6.42 Å². The van der Waals surface area contributed by atoms with Crippen molar-refractivity contribution in [2.45, 2.75) is 96.8 Å². The van der Waals surface area contributed by atoms with Crippen molar-refractivity contribution in [2.24, 2.45) is 0 Å². The highest BCUT2D eigenvalue weighted by Crippen LogP contribution is 2.13. The third-order valence-electron chi connectivity index (χ3n) is 3.88. The third kappa shape index (κ3) is 19.2. The predicted octanol–water partition coefficient (Wildman–Crippen LogP) is 6.34. The molecule has 0 unspecified atom stereocenters. The lowest BCUT2D eigenvalue weighted by atomic mass is 10.0. The van der Waals surface area contributed by atoms with Crippen molar-refractivity contribution < 1.29 is 19.1 Å². The van der Waals surface area contributed by atoms with E-state index in [-0.39, 0.29) is 12.8 Å². The Kier molecular flexibility index (Phi) is 17.0. The summed E-state index contributed by atoms with van der Waals surface area (Å²) in [6.07, 6.45) is 16.9. The van der Waals surface area contributed by atoms with Crippen LogP contribution >= 0.6 is 11.6 Å². The Morgan fingerprint density at radius 1 is 0.696 bits per heavy atom. The highest BCUT2D eigenvalue weighted by Gasteiger charge is 2.03. The molecule has 0 heterocycles. The van der Waals surface area contributed by atoms with Gasteiger partial charge >= 0.3 is 11.4 Å². The molecule has 0 atom stereocenters. The highest BCUT2D eigenvalue weighted by molar-refractivity contribution is 6.61. The van der Waals surface area contributed by atoms with Gasteiger partial charge in [0.05, 0.1) is 0 Å². The van der Waals surface area contributed by atoms with Crippen LogP contribution in [0.15, 0.2) is 0 Å². The van der Waals surface area contributed by atoms with Gasteiger partial charge in [0, 0.05) is 18.0 Å². The van der Waals surface area contributed by atoms with E-state index >= 15 is 0 Å². The summed E-state index contributed by atoms with van der Waals surface area (Å²) in [5.74, 6) is -0.342. The number of hydrogen-bond donors (Lipinski definition) is 0. The van der Waals surface area contributed by atoms with Crippen molar-refractivity contribution in [1.29, 1.82) is 0 Å². The van der Waals surface area contributed by atoms with E-state index in [2.05, 4.69) is 11.7 Å². The number of esters is 1. The fraction of sp³-hybridized carbons (Fsp3) is 0.889. The first-order chi connectivity index (χ1) is 11.2. The van der Waals surface area contributed by atoms with Gasteiger partial charge in [-0.2, -0.15) is 0 Å². The van der Waals surface area contributed by atoms with Gasteiger partial charge in [0.25, 0.3) is 0 Å². The van der Waals surface area contributed by atoms with E-state index in [4.69, 9.17) is 16.3 Å². The maximum Gasteiger partial charge on any atom is 0.406 e. The summed E-state index contributed by atoms with van der Waals surface area (Å²) in [4.78, 5) is 21.5. The van der Waals surface area contributed by atoms with E-state index in [1.807, 2.05) is 0 Å². The van der Waals surface area contributed by atoms with Gasteiger partial charge in [-0.25, -0.2) is 4.79 Å². The van der Waals surface area contributed by atoms with Gasteiger partial charge in [0.1, 0.15) is 0 Å². The van der Waals surface area contributed by atoms with E-state index in [1.54, 1.807) is 0 Å². The molecule has 136 valence electrons. The zero-order chi connectivity index (χ0) is 17.2. The van der Waals surface area contributed by atoms with Crippen LogP contribution in [0, 0.1) is 0 Å². The molecule has 23 heavy (non-hydrogen) atoms. The minimum atomic E-state index is -0.959. The summed E-state index contributed by atoms with van der Waals surface area (Å²) in [6, 6.07) is 0. The van der Waals surface area contributed by atoms with Crippen LogP contribution in [-0.4, -0.2) is 18.2 Å². The number of unbranched alkanes of at least 4 members (excludes halogenated alkanes) is 12. The van der Waals surface area contributed by atoms with E-state index in [9.17, 15) is 9.59 Å². The van der Waals surface area contributed by atoms with Crippen LogP contribution in [0.1, 0.15) is 96.8 Å². The second-order valence-corrected chi connectivity index (χ2v) is 6.32. The lowest BCUT2D eigenvalue weighted by Gasteiger charge is -2.04. The Morgan fingerprint density at radius 3 is 1.57 bits per heavy atom. The molecule has 0 saturated heterocycles. The summed E-state index contributed by atoms with van der Waals surface area (Å²) >= 11 is 4.94. The minimum Gasteiger partial charge on any atom is -0.428 e. The fourth-order valence-electron chi connectivity index (χ4n) is 2.50. The van der Waals surface area contributed by atoms with Crippen LogP contribution in [0.4, 0.5) is 4.79 Å². The molecule has 0 fully saturated rings. The Balaban J connectivity index is 3.12. The van der Waals surface area contributed by atoms with Crippen LogP contribution in [-0.2, 0) is 14.3 Å². The Labute approximate surface area is 146 Å². The molecular weight excluding hydrogens is 316 g/mol. The predicted molar refractivity (Wildman–Crippen MR) is 93.6 cm³/mol. The molecule has 0 rings (SSSR count). The monoisotopic (exact) mass is 348 g/mol. The van der Waals surface area contributed by atoms with Gasteiger partial charge in [-0.3, -0.25) is 4.79 Å². The van der Waals surface area contributed by atoms with Crippen molar-refractivity contribution in [3.8, 4) is 0 Å². The van der Waals surface area contributed by atoms with Crippen molar-refractivity contribution in [3.63, 3.8) is 0 Å². The van der Waals surface area contributed by atoms with Crippen LogP contribution in [0.3, 0.4) is 0 Å². The van der Waals surface area contributed by atoms with E-state index in [0.717, 1.165) is 12.8 Å². The van der Waals surface area contributed by atoms with E-state index in [1.165, 1.54) is 70.6 Å². The normalized spacial score (nSPS) is 10.5. The SMILES string of the molecule is CCCCCCCCCCCCCCCC(=O)OCOC(=O)Cl. The molecule has 0 N–H and O–H groups in total. The molecule has 0 aliphatic carbocycles. The number of hydrogen-bond acceptors (Lipinski definition) is 4. The van der Waals surface area contributed by atoms with E-state index in [0.29, 0.717) is 6.42 Å². The first kappa shape index (κ1) is 22.2. The lowest BCUT2D eigenvalue weighted by Crippen LogP contribution is -2.09. The summed E-state index contributed by atoms with van der Waals surface area (Å²) in [6.45, 7) is 1.86. The van der Waals surface area contributed by atoms with E-state index < -0.39 is 5.43 Å². The number of carbonyl (C=O) groups is 2. The molecule has 0 radical (unpaired) electrons. The molecule has 0 aromatic heterocycles. The number of ether oxygens (including phenoxy) is 2. The second-order valence-electron chi connectivity index (χ2n) is 6.01. The quantitative estimate of drug-likeness (QED) is 0.141. The third-order valence-corrected chi connectivity index (χ3v) is 3.99. The lowest BCUT2D eigenvalue weighted by molar-refractivity contribution is -0.151. The molecule has 0 aromatic rings. The Morgan fingerprint density at radius 2 is 1.13 bits per heavy atom. The first-order valence-corrected chi connectivity index (χ1v) is 9.52. The molecule has 0 aromatic carbocycles. The minimum absolute atomic E-state index is 0.342. The van der Waals surface area contributed by atoms with Crippen molar-refractivity contribution in [2.75, 3.05) is 6.79 Å². The van der Waals surface area contributed by atoms with Gasteiger partial charge in [-0.15, -0.1) is 0 Å². The van der Waals surface area contributed by atoms with Gasteiger partial charge in [0.2, 0.25) is 6.79 Å². The van der Waals surface area contributed by atoms with Crippen molar-refractivity contribution in [1.82, 2.24) is 0 Å². The number of halogens is 1.